The molecule has 1 aliphatic rings. The average molecular weight is 332 g/mol. The molecule has 0 radical (unpaired) electrons. The van der Waals surface area contributed by atoms with E-state index in [-0.39, 0.29) is 6.03 Å². The van der Waals surface area contributed by atoms with Crippen molar-refractivity contribution in [3.05, 3.63) is 24.3 Å². The summed E-state index contributed by atoms with van der Waals surface area (Å²) < 4.78 is 0. The summed E-state index contributed by atoms with van der Waals surface area (Å²) in [6.45, 7) is 13.2. The van der Waals surface area contributed by atoms with Crippen LogP contribution in [0.25, 0.3) is 0 Å². The van der Waals surface area contributed by atoms with E-state index in [4.69, 9.17) is 0 Å². The van der Waals surface area contributed by atoms with Gasteiger partial charge in [0.2, 0.25) is 0 Å². The highest BCUT2D eigenvalue weighted by Gasteiger charge is 2.20. The number of nitrogens with one attached hydrogen (secondary N) is 1. The van der Waals surface area contributed by atoms with Gasteiger partial charge in [-0.05, 0) is 51.1 Å². The molecule has 134 valence electrons. The van der Waals surface area contributed by atoms with E-state index in [1.165, 1.54) is 18.5 Å². The van der Waals surface area contributed by atoms with E-state index in [0.29, 0.717) is 0 Å². The predicted molar refractivity (Wildman–Crippen MR) is 102 cm³/mol. The molecule has 0 aliphatic carbocycles. The van der Waals surface area contributed by atoms with E-state index in [1.54, 1.807) is 0 Å². The van der Waals surface area contributed by atoms with Gasteiger partial charge in [0.05, 0.1) is 0 Å². The van der Waals surface area contributed by atoms with Crippen LogP contribution in [-0.2, 0) is 0 Å². The summed E-state index contributed by atoms with van der Waals surface area (Å²) in [6, 6.07) is 8.14. The Morgan fingerprint density at radius 1 is 1.04 bits per heavy atom. The van der Waals surface area contributed by atoms with Crippen molar-refractivity contribution in [2.75, 3.05) is 56.0 Å². The number of carbonyl (C=O) groups excluding carboxylic acids is 1. The van der Waals surface area contributed by atoms with Crippen molar-refractivity contribution >= 4 is 17.4 Å². The standard InChI is InChI=1S/C19H32N4O/c1-4-7-12-21-13-15-23(16-14-21)19(24)20-17-8-10-18(11-9-17)22(5-2)6-3/h8-11H,4-7,12-16H2,1-3H3,(H,20,24). The lowest BCUT2D eigenvalue weighted by molar-refractivity contribution is 0.146. The van der Waals surface area contributed by atoms with Gasteiger partial charge in [-0.25, -0.2) is 4.79 Å². The number of rotatable bonds is 7. The molecule has 0 bridgehead atoms. The molecule has 5 nitrogen and oxygen atoms in total. The highest BCUT2D eigenvalue weighted by Crippen LogP contribution is 2.18. The molecule has 1 aromatic carbocycles. The summed E-state index contributed by atoms with van der Waals surface area (Å²) >= 11 is 0. The van der Waals surface area contributed by atoms with E-state index in [2.05, 4.69) is 48.0 Å². The minimum absolute atomic E-state index is 0.0146. The van der Waals surface area contributed by atoms with Gasteiger partial charge in [-0.3, -0.25) is 4.90 Å². The van der Waals surface area contributed by atoms with Crippen LogP contribution < -0.4 is 10.2 Å². The lowest BCUT2D eigenvalue weighted by Crippen LogP contribution is -2.50. The van der Waals surface area contributed by atoms with Gasteiger partial charge in [-0.2, -0.15) is 0 Å². The third kappa shape index (κ3) is 5.13. The number of piperazine rings is 1. The number of urea groups is 1. The molecule has 1 N–H and O–H groups in total. The Labute approximate surface area is 146 Å². The van der Waals surface area contributed by atoms with Crippen molar-refractivity contribution in [2.45, 2.75) is 33.6 Å². The van der Waals surface area contributed by atoms with Gasteiger partial charge >= 0.3 is 6.03 Å². The molecule has 0 atom stereocenters. The zero-order chi connectivity index (χ0) is 17.4. The number of anilines is 2. The van der Waals surface area contributed by atoms with Crippen LogP contribution in [0.4, 0.5) is 16.2 Å². The number of carbonyl (C=O) groups is 1. The summed E-state index contributed by atoms with van der Waals surface area (Å²) in [7, 11) is 0. The molecule has 1 heterocycles. The molecule has 0 saturated carbocycles. The Morgan fingerprint density at radius 3 is 2.21 bits per heavy atom. The highest BCUT2D eigenvalue weighted by atomic mass is 16.2. The third-order valence-electron chi connectivity index (χ3n) is 4.73. The molecular formula is C19H32N4O. The molecule has 2 amide bonds. The second kappa shape index (κ2) is 9.52. The van der Waals surface area contributed by atoms with E-state index < -0.39 is 0 Å². The summed E-state index contributed by atoms with van der Waals surface area (Å²) in [5.41, 5.74) is 2.06. The minimum Gasteiger partial charge on any atom is -0.372 e. The fourth-order valence-electron chi connectivity index (χ4n) is 3.10. The van der Waals surface area contributed by atoms with Crippen LogP contribution in [-0.4, -0.2) is 61.6 Å². The Balaban J connectivity index is 1.82. The summed E-state index contributed by atoms with van der Waals surface area (Å²) in [5.74, 6) is 0. The fraction of sp³-hybridized carbons (Fsp3) is 0.632. The third-order valence-corrected chi connectivity index (χ3v) is 4.73. The molecule has 0 spiro atoms. The largest absolute Gasteiger partial charge is 0.372 e. The van der Waals surface area contributed by atoms with Crippen LogP contribution in [0.5, 0.6) is 0 Å². The van der Waals surface area contributed by atoms with Crippen molar-refractivity contribution in [3.63, 3.8) is 0 Å². The molecule has 0 aromatic heterocycles. The smallest absolute Gasteiger partial charge is 0.321 e. The zero-order valence-corrected chi connectivity index (χ0v) is 15.4. The summed E-state index contributed by atoms with van der Waals surface area (Å²) in [6.07, 6.45) is 2.47. The molecule has 0 unspecified atom stereocenters. The monoisotopic (exact) mass is 332 g/mol. The van der Waals surface area contributed by atoms with Gasteiger partial charge < -0.3 is 15.1 Å². The molecule has 24 heavy (non-hydrogen) atoms. The molecular weight excluding hydrogens is 300 g/mol. The number of nitrogens with zero attached hydrogens (tertiary/aromatic N) is 3. The molecule has 2 rings (SSSR count). The predicted octanol–water partition coefficient (Wildman–Crippen LogP) is 3.48. The molecule has 1 aromatic rings. The number of unbranched alkanes of at least 4 members (excludes halogenated alkanes) is 1. The maximum atomic E-state index is 12.4. The quantitative estimate of drug-likeness (QED) is 0.831. The van der Waals surface area contributed by atoms with Crippen LogP contribution >= 0.6 is 0 Å². The van der Waals surface area contributed by atoms with Crippen molar-refractivity contribution in [2.24, 2.45) is 0 Å². The van der Waals surface area contributed by atoms with Gasteiger partial charge in [0.25, 0.3) is 0 Å². The number of hydrogen-bond donors (Lipinski definition) is 1. The van der Waals surface area contributed by atoms with Gasteiger partial charge in [0.1, 0.15) is 0 Å². The van der Waals surface area contributed by atoms with E-state index >= 15 is 0 Å². The number of hydrogen-bond acceptors (Lipinski definition) is 3. The number of benzene rings is 1. The molecule has 1 aliphatic heterocycles. The first kappa shape index (κ1) is 18.6. The second-order valence-electron chi connectivity index (χ2n) is 6.33. The van der Waals surface area contributed by atoms with E-state index in [0.717, 1.165) is 51.5 Å². The normalized spacial score (nSPS) is 15.4. The molecule has 1 fully saturated rings. The fourth-order valence-corrected chi connectivity index (χ4v) is 3.10. The van der Waals surface area contributed by atoms with Crippen molar-refractivity contribution in [3.8, 4) is 0 Å². The first-order valence-corrected chi connectivity index (χ1v) is 9.31. The Hall–Kier alpha value is -1.75. The van der Waals surface area contributed by atoms with Crippen molar-refractivity contribution < 1.29 is 4.79 Å². The van der Waals surface area contributed by atoms with Crippen LogP contribution in [0.3, 0.4) is 0 Å². The van der Waals surface area contributed by atoms with Crippen LogP contribution in [0.15, 0.2) is 24.3 Å². The second-order valence-corrected chi connectivity index (χ2v) is 6.33. The van der Waals surface area contributed by atoms with E-state index in [9.17, 15) is 4.79 Å². The first-order valence-electron chi connectivity index (χ1n) is 9.31. The summed E-state index contributed by atoms with van der Waals surface area (Å²) in [5, 5.41) is 3.02. The lowest BCUT2D eigenvalue weighted by atomic mass is 10.2. The maximum absolute atomic E-state index is 12.4. The summed E-state index contributed by atoms with van der Waals surface area (Å²) in [4.78, 5) is 19.1. The van der Waals surface area contributed by atoms with Crippen molar-refractivity contribution in [1.82, 2.24) is 9.80 Å². The molecule has 1 saturated heterocycles. The van der Waals surface area contributed by atoms with Crippen LogP contribution in [0.1, 0.15) is 33.6 Å². The lowest BCUT2D eigenvalue weighted by Gasteiger charge is -2.34. The zero-order valence-electron chi connectivity index (χ0n) is 15.4. The Bertz CT molecular complexity index is 491. The SMILES string of the molecule is CCCCN1CCN(C(=O)Nc2ccc(N(CC)CC)cc2)CC1. The molecule has 5 heteroatoms. The number of amides is 2. The van der Waals surface area contributed by atoms with E-state index in [1.807, 2.05) is 17.0 Å². The van der Waals surface area contributed by atoms with Crippen LogP contribution in [0, 0.1) is 0 Å². The van der Waals surface area contributed by atoms with Gasteiger partial charge in [-0.15, -0.1) is 0 Å². The van der Waals surface area contributed by atoms with Gasteiger partial charge in [0.15, 0.2) is 0 Å². The highest BCUT2D eigenvalue weighted by molar-refractivity contribution is 5.89. The topological polar surface area (TPSA) is 38.8 Å². The van der Waals surface area contributed by atoms with Gasteiger partial charge in [0, 0.05) is 50.6 Å². The van der Waals surface area contributed by atoms with Gasteiger partial charge in [-0.1, -0.05) is 13.3 Å². The Morgan fingerprint density at radius 2 is 1.67 bits per heavy atom. The van der Waals surface area contributed by atoms with Crippen LogP contribution in [0.2, 0.25) is 0 Å². The Kier molecular flexibility index (Phi) is 7.37. The maximum Gasteiger partial charge on any atom is 0.321 e. The minimum atomic E-state index is 0.0146. The average Bonchev–Trinajstić information content (AvgIpc) is 2.62. The first-order chi connectivity index (χ1) is 11.7. The van der Waals surface area contributed by atoms with Crippen molar-refractivity contribution in [1.29, 1.82) is 0 Å².